The molecule has 0 amide bonds. The molecule has 0 spiro atoms. The molecule has 0 bridgehead atoms. The molecule has 9 aromatic rings. The molecule has 5 heteroatoms. The molecule has 0 fully saturated rings. The van der Waals surface area contributed by atoms with Gasteiger partial charge >= 0.3 is 361 Å². The molecule has 60 heavy (non-hydrogen) atoms. The van der Waals surface area contributed by atoms with Crippen molar-refractivity contribution in [3.05, 3.63) is 273 Å². The van der Waals surface area contributed by atoms with Gasteiger partial charge in [0.05, 0.1) is 0 Å². The fourth-order valence-electron chi connectivity index (χ4n) is 9.71. The first-order valence-corrected chi connectivity index (χ1v) is 34.8. The first kappa shape index (κ1) is 40.0. The average Bonchev–Trinajstić information content (AvgIpc) is 3.35. The summed E-state index contributed by atoms with van der Waals surface area (Å²) in [5.74, 6) is 0. The van der Waals surface area contributed by atoms with Crippen molar-refractivity contribution in [1.29, 1.82) is 0 Å². The van der Waals surface area contributed by atoms with Gasteiger partial charge in [-0.05, 0) is 0 Å². The second-order valence-corrected chi connectivity index (χ2v) is 55.0. The Kier molecular flexibility index (Phi) is 11.8. The van der Waals surface area contributed by atoms with E-state index in [4.69, 9.17) is 0 Å². The fraction of sp³-hybridized carbons (Fsp3) is 0. The molecule has 0 saturated carbocycles. The summed E-state index contributed by atoms with van der Waals surface area (Å²) in [7, 11) is 0. The summed E-state index contributed by atoms with van der Waals surface area (Å²) >= 11 is -4.69. The van der Waals surface area contributed by atoms with E-state index in [1.54, 1.807) is 4.88 Å². The van der Waals surface area contributed by atoms with Gasteiger partial charge in [-0.3, -0.25) is 0 Å². The Hall–Kier alpha value is -5.44. The predicted molar refractivity (Wildman–Crippen MR) is 266 cm³/mol. The Morgan fingerprint density at radius 1 is 0.217 bits per heavy atom. The van der Waals surface area contributed by atoms with Crippen LogP contribution < -0.4 is 47.7 Å². The van der Waals surface area contributed by atoms with E-state index in [1.807, 2.05) is 0 Å². The number of hydrogen-bond acceptors (Lipinski definition) is 1. The van der Waals surface area contributed by atoms with Crippen LogP contribution in [0.5, 0.6) is 0 Å². The Labute approximate surface area is 358 Å². The van der Waals surface area contributed by atoms with Crippen LogP contribution in [0.2, 0.25) is 0 Å². The quantitative estimate of drug-likeness (QED) is 0.0641. The molecule has 1 nitrogen and oxygen atoms in total. The molecule has 298 valence electrons. The zero-order valence-corrected chi connectivity index (χ0v) is 38.1. The Morgan fingerprint density at radius 2 is 0.333 bits per heavy atom. The molecule has 0 unspecified atom stereocenters. The summed E-state index contributed by atoms with van der Waals surface area (Å²) < 4.78 is 0. The fourth-order valence-corrected chi connectivity index (χ4v) is 118. The van der Waals surface area contributed by atoms with Crippen LogP contribution >= 0.6 is 16.8 Å². The number of benzene rings is 9. The molecule has 0 heterocycles. The molecular formula is C55H49OP3Ru. The van der Waals surface area contributed by atoms with Crippen LogP contribution in [0, 0.1) is 0 Å². The molecule has 0 atom stereocenters. The summed E-state index contributed by atoms with van der Waals surface area (Å²) in [5.41, 5.74) is -10.9. The average molecular weight is 920 g/mol. The minimum absolute atomic E-state index is 1.28. The van der Waals surface area contributed by atoms with E-state index in [9.17, 15) is 0 Å². The van der Waals surface area contributed by atoms with Gasteiger partial charge in [-0.2, -0.15) is 0 Å². The number of rotatable bonds is 13. The maximum atomic E-state index is 17.1. The molecule has 9 aromatic carbocycles. The third-order valence-corrected chi connectivity index (χ3v) is 86.8. The third kappa shape index (κ3) is 6.16. The van der Waals surface area contributed by atoms with E-state index in [-0.39, 0.29) is 0 Å². The molecule has 0 N–H and O–H groups in total. The van der Waals surface area contributed by atoms with Crippen molar-refractivity contribution in [1.82, 2.24) is 0 Å². The Morgan fingerprint density at radius 3 is 0.433 bits per heavy atom. The van der Waals surface area contributed by atoms with Crippen LogP contribution in [-0.2, 0) is 18.1 Å². The number of hydrogen-bond donors (Lipinski definition) is 0. The van der Waals surface area contributed by atoms with Crippen LogP contribution in [0.1, 0.15) is 0 Å². The van der Waals surface area contributed by atoms with Gasteiger partial charge in [-0.25, -0.2) is 0 Å². The molecule has 0 aliphatic carbocycles. The standard InChI is InChI=1S/3C18H15P.CHO.Ru/c3*1-4-10-16(11-5-1)19(17-12-6-2-7-13-17)18-14-8-3-9-15-18;1-2;/h3*1-15H;1H;/q;;;;-3/p+3. The van der Waals surface area contributed by atoms with Gasteiger partial charge in [0.1, 0.15) is 0 Å². The zero-order chi connectivity index (χ0) is 40.7. The van der Waals surface area contributed by atoms with E-state index in [1.165, 1.54) is 47.7 Å². The summed E-state index contributed by atoms with van der Waals surface area (Å²) in [4.78, 5) is 18.8. The van der Waals surface area contributed by atoms with Crippen LogP contribution in [-0.4, -0.2) is 4.88 Å². The summed E-state index contributed by atoms with van der Waals surface area (Å²) in [5, 5.41) is 11.5. The topological polar surface area (TPSA) is 17.1 Å². The van der Waals surface area contributed by atoms with Crippen molar-refractivity contribution < 1.29 is 18.1 Å². The predicted octanol–water partition coefficient (Wildman–Crippen LogP) is 9.25. The van der Waals surface area contributed by atoms with Gasteiger partial charge in [-0.1, -0.05) is 0 Å². The SMILES string of the molecule is O=[CH][Ru]([PH](c1ccccc1)(c1ccccc1)c1ccccc1)([PH](c1ccccc1)(c1ccccc1)c1ccccc1)[PH](c1ccccc1)(c1ccccc1)c1ccccc1. The van der Waals surface area contributed by atoms with Crippen molar-refractivity contribution in [3.63, 3.8) is 0 Å². The monoisotopic (exact) mass is 920 g/mol. The number of carbonyl (C=O) groups excluding carboxylic acids is 1. The van der Waals surface area contributed by atoms with Crippen LogP contribution in [0.15, 0.2) is 273 Å². The second-order valence-electron chi connectivity index (χ2n) is 14.9. The molecule has 0 radical (unpaired) electrons. The summed E-state index contributed by atoms with van der Waals surface area (Å²) in [6, 6.07) is 102. The number of carbonyl (C=O) groups is 1. The van der Waals surface area contributed by atoms with Crippen LogP contribution in [0.4, 0.5) is 0 Å². The van der Waals surface area contributed by atoms with Gasteiger partial charge in [0.25, 0.3) is 0 Å². The third-order valence-electron chi connectivity index (χ3n) is 11.9. The van der Waals surface area contributed by atoms with Gasteiger partial charge in [0.2, 0.25) is 0 Å². The van der Waals surface area contributed by atoms with Gasteiger partial charge in [0.15, 0.2) is 0 Å². The van der Waals surface area contributed by atoms with Gasteiger partial charge < -0.3 is 0 Å². The van der Waals surface area contributed by atoms with Crippen LogP contribution in [0.3, 0.4) is 0 Å². The second kappa shape index (κ2) is 17.7. The van der Waals surface area contributed by atoms with E-state index in [0.29, 0.717) is 0 Å². The first-order chi connectivity index (χ1) is 29.8. The van der Waals surface area contributed by atoms with E-state index >= 15 is 4.79 Å². The van der Waals surface area contributed by atoms with E-state index < -0.39 is 30.1 Å². The van der Waals surface area contributed by atoms with Crippen molar-refractivity contribution in [2.24, 2.45) is 0 Å². The van der Waals surface area contributed by atoms with Gasteiger partial charge in [0, 0.05) is 0 Å². The molecule has 0 aliphatic heterocycles. The molecule has 0 saturated heterocycles. The zero-order valence-electron chi connectivity index (χ0n) is 33.3. The maximum absolute atomic E-state index is 17.1. The van der Waals surface area contributed by atoms with Crippen molar-refractivity contribution in [2.75, 3.05) is 0 Å². The molecule has 9 rings (SSSR count). The molecule has 0 aliphatic rings. The van der Waals surface area contributed by atoms with Crippen molar-refractivity contribution in [2.45, 2.75) is 0 Å². The van der Waals surface area contributed by atoms with Crippen LogP contribution in [0.25, 0.3) is 0 Å². The normalized spacial score (nSPS) is 14.2. The van der Waals surface area contributed by atoms with Gasteiger partial charge in [-0.15, -0.1) is 0 Å². The van der Waals surface area contributed by atoms with Crippen molar-refractivity contribution >= 4 is 69.4 Å². The van der Waals surface area contributed by atoms with E-state index in [2.05, 4.69) is 273 Å². The van der Waals surface area contributed by atoms with Crippen molar-refractivity contribution in [3.8, 4) is 0 Å². The molecular weight excluding hydrogens is 871 g/mol. The first-order valence-electron chi connectivity index (χ1n) is 20.4. The summed E-state index contributed by atoms with van der Waals surface area (Å²) in [6.07, 6.45) is 0. The van der Waals surface area contributed by atoms with E-state index in [0.717, 1.165) is 0 Å². The molecule has 0 aromatic heterocycles. The Bertz CT molecular complexity index is 2150. The minimum atomic E-state index is -4.69. The Balaban J connectivity index is 1.74. The summed E-state index contributed by atoms with van der Waals surface area (Å²) in [6.45, 7) is 0.